The molecule has 2 aliphatic carbocycles. The molecule has 70 valence electrons. The van der Waals surface area contributed by atoms with Crippen LogP contribution in [0, 0.1) is 11.8 Å². The van der Waals surface area contributed by atoms with Crippen LogP contribution in [0.2, 0.25) is 0 Å². The fourth-order valence-electron chi connectivity index (χ4n) is 2.50. The van der Waals surface area contributed by atoms with Gasteiger partial charge in [0, 0.05) is 12.6 Å². The highest BCUT2D eigenvalue weighted by Crippen LogP contribution is 2.51. The van der Waals surface area contributed by atoms with Crippen molar-refractivity contribution in [2.45, 2.75) is 31.8 Å². The third-order valence-electron chi connectivity index (χ3n) is 3.35. The molecule has 0 amide bonds. The van der Waals surface area contributed by atoms with Gasteiger partial charge < -0.3 is 5.32 Å². The van der Waals surface area contributed by atoms with Crippen LogP contribution in [0.4, 0.5) is 0 Å². The van der Waals surface area contributed by atoms with Crippen molar-refractivity contribution in [1.29, 1.82) is 0 Å². The summed E-state index contributed by atoms with van der Waals surface area (Å²) < 4.78 is 0. The first-order chi connectivity index (χ1) is 6.43. The molecular formula is C9H14N4. The molecule has 3 atom stereocenters. The minimum atomic E-state index is 0.752. The van der Waals surface area contributed by atoms with Gasteiger partial charge in [0.2, 0.25) is 0 Å². The van der Waals surface area contributed by atoms with Crippen LogP contribution in [0.3, 0.4) is 0 Å². The summed E-state index contributed by atoms with van der Waals surface area (Å²) in [6.45, 7) is 0.865. The Kier molecular flexibility index (Phi) is 1.62. The molecule has 0 aliphatic heterocycles. The van der Waals surface area contributed by atoms with E-state index in [1.807, 2.05) is 0 Å². The number of nitrogens with zero attached hydrogens (tertiary/aromatic N) is 2. The van der Waals surface area contributed by atoms with E-state index in [1.165, 1.54) is 19.3 Å². The van der Waals surface area contributed by atoms with E-state index < -0.39 is 0 Å². The lowest BCUT2D eigenvalue weighted by molar-refractivity contribution is 0.471. The maximum absolute atomic E-state index is 4.02. The normalized spacial score (nSPS) is 36.2. The second-order valence-electron chi connectivity index (χ2n) is 4.19. The molecule has 13 heavy (non-hydrogen) atoms. The first-order valence-electron chi connectivity index (χ1n) is 5.01. The molecule has 4 heteroatoms. The van der Waals surface area contributed by atoms with Gasteiger partial charge >= 0.3 is 0 Å². The van der Waals surface area contributed by atoms with Gasteiger partial charge in [-0.25, -0.2) is 0 Å². The Hall–Kier alpha value is -0.900. The number of H-pyrrole nitrogens is 1. The third-order valence-corrected chi connectivity index (χ3v) is 3.35. The second kappa shape index (κ2) is 2.80. The van der Waals surface area contributed by atoms with E-state index in [2.05, 4.69) is 20.7 Å². The molecule has 1 aromatic heterocycles. The molecule has 3 rings (SSSR count). The summed E-state index contributed by atoms with van der Waals surface area (Å²) in [5.74, 6) is 2.03. The second-order valence-corrected chi connectivity index (χ2v) is 4.19. The number of hydrogen-bond acceptors (Lipinski definition) is 3. The predicted molar refractivity (Wildman–Crippen MR) is 47.8 cm³/mol. The Morgan fingerprint density at radius 1 is 1.54 bits per heavy atom. The minimum absolute atomic E-state index is 0.752. The van der Waals surface area contributed by atoms with E-state index >= 15 is 0 Å². The zero-order chi connectivity index (χ0) is 8.67. The lowest BCUT2D eigenvalue weighted by Gasteiger charge is -2.12. The fourth-order valence-corrected chi connectivity index (χ4v) is 2.50. The van der Waals surface area contributed by atoms with Crippen molar-refractivity contribution in [3.63, 3.8) is 0 Å². The van der Waals surface area contributed by atoms with Crippen LogP contribution in [0.25, 0.3) is 0 Å². The monoisotopic (exact) mass is 178 g/mol. The number of fused-ring (bicyclic) bond motifs is 1. The highest BCUT2D eigenvalue weighted by atomic mass is 15.3. The number of aromatic amines is 1. The average Bonchev–Trinajstić information content (AvgIpc) is 2.64. The van der Waals surface area contributed by atoms with Gasteiger partial charge in [0.15, 0.2) is 0 Å². The van der Waals surface area contributed by atoms with Crippen molar-refractivity contribution in [3.05, 3.63) is 11.9 Å². The molecule has 1 aromatic rings. The standard InChI is InChI=1S/C9H14N4/c1-2-9(8-3-6(1)8)10-4-7-5-11-13-12-7/h5-6,8-10H,1-4H2,(H,11,12,13). The molecule has 0 bridgehead atoms. The van der Waals surface area contributed by atoms with Gasteiger partial charge in [-0.2, -0.15) is 15.4 Å². The Morgan fingerprint density at radius 2 is 2.54 bits per heavy atom. The van der Waals surface area contributed by atoms with E-state index in [4.69, 9.17) is 0 Å². The molecule has 2 aliphatic rings. The van der Waals surface area contributed by atoms with Crippen molar-refractivity contribution >= 4 is 0 Å². The summed E-state index contributed by atoms with van der Waals surface area (Å²) in [7, 11) is 0. The van der Waals surface area contributed by atoms with Crippen LogP contribution >= 0.6 is 0 Å². The minimum Gasteiger partial charge on any atom is -0.308 e. The van der Waals surface area contributed by atoms with E-state index in [-0.39, 0.29) is 0 Å². The molecule has 4 nitrogen and oxygen atoms in total. The molecular weight excluding hydrogens is 164 g/mol. The molecule has 1 heterocycles. The topological polar surface area (TPSA) is 53.6 Å². The van der Waals surface area contributed by atoms with Gasteiger partial charge in [0.25, 0.3) is 0 Å². The van der Waals surface area contributed by atoms with Gasteiger partial charge in [-0.1, -0.05) is 0 Å². The van der Waals surface area contributed by atoms with Crippen LogP contribution < -0.4 is 5.32 Å². The summed E-state index contributed by atoms with van der Waals surface area (Å²) in [6, 6.07) is 0.752. The molecule has 2 N–H and O–H groups in total. The lowest BCUT2D eigenvalue weighted by Crippen LogP contribution is -2.28. The Bertz CT molecular complexity index is 282. The van der Waals surface area contributed by atoms with Crippen molar-refractivity contribution in [2.75, 3.05) is 0 Å². The predicted octanol–water partition coefficient (Wildman–Crippen LogP) is 0.693. The van der Waals surface area contributed by atoms with Gasteiger partial charge in [-0.3, -0.25) is 0 Å². The third kappa shape index (κ3) is 1.35. The van der Waals surface area contributed by atoms with Gasteiger partial charge in [-0.15, -0.1) is 0 Å². The van der Waals surface area contributed by atoms with E-state index in [0.29, 0.717) is 0 Å². The number of aromatic nitrogens is 3. The molecule has 2 saturated carbocycles. The zero-order valence-corrected chi connectivity index (χ0v) is 7.53. The number of hydrogen-bond donors (Lipinski definition) is 2. The first kappa shape index (κ1) is 7.50. The van der Waals surface area contributed by atoms with E-state index in [1.54, 1.807) is 6.20 Å². The molecule has 0 spiro atoms. The summed E-state index contributed by atoms with van der Waals surface area (Å²) in [5.41, 5.74) is 1.02. The summed E-state index contributed by atoms with van der Waals surface area (Å²) in [5, 5.41) is 14.0. The van der Waals surface area contributed by atoms with E-state index in [0.717, 1.165) is 30.1 Å². The average molecular weight is 178 g/mol. The SMILES string of the molecule is c1n[nH]nc1CNC1CCC2CC21. The highest BCUT2D eigenvalue weighted by molar-refractivity contribution is 5.02. The van der Waals surface area contributed by atoms with Gasteiger partial charge in [0.05, 0.1) is 11.9 Å². The van der Waals surface area contributed by atoms with Crippen molar-refractivity contribution in [3.8, 4) is 0 Å². The smallest absolute Gasteiger partial charge is 0.0962 e. The lowest BCUT2D eigenvalue weighted by atomic mass is 10.2. The maximum Gasteiger partial charge on any atom is 0.0962 e. The Labute approximate surface area is 77.1 Å². The Morgan fingerprint density at radius 3 is 3.15 bits per heavy atom. The van der Waals surface area contributed by atoms with Gasteiger partial charge in [-0.05, 0) is 31.1 Å². The van der Waals surface area contributed by atoms with Crippen LogP contribution in [0.15, 0.2) is 6.20 Å². The first-order valence-corrected chi connectivity index (χ1v) is 5.01. The molecule has 0 radical (unpaired) electrons. The van der Waals surface area contributed by atoms with Crippen molar-refractivity contribution < 1.29 is 0 Å². The van der Waals surface area contributed by atoms with Crippen LogP contribution in [0.1, 0.15) is 25.0 Å². The Balaban J connectivity index is 1.53. The molecule has 0 aromatic carbocycles. The van der Waals surface area contributed by atoms with Crippen molar-refractivity contribution in [2.24, 2.45) is 11.8 Å². The summed E-state index contributed by atoms with van der Waals surface area (Å²) in [4.78, 5) is 0. The van der Waals surface area contributed by atoms with Crippen molar-refractivity contribution in [1.82, 2.24) is 20.7 Å². The van der Waals surface area contributed by atoms with Crippen LogP contribution in [-0.4, -0.2) is 21.5 Å². The maximum atomic E-state index is 4.02. The van der Waals surface area contributed by atoms with Crippen LogP contribution in [-0.2, 0) is 6.54 Å². The quantitative estimate of drug-likeness (QED) is 0.716. The van der Waals surface area contributed by atoms with Gasteiger partial charge in [0.1, 0.15) is 0 Å². The number of nitrogens with one attached hydrogen (secondary N) is 2. The molecule has 3 unspecified atom stereocenters. The van der Waals surface area contributed by atoms with E-state index in [9.17, 15) is 0 Å². The zero-order valence-electron chi connectivity index (χ0n) is 7.53. The van der Waals surface area contributed by atoms with Crippen LogP contribution in [0.5, 0.6) is 0 Å². The molecule has 0 saturated heterocycles. The molecule has 2 fully saturated rings. The highest BCUT2D eigenvalue weighted by Gasteiger charge is 2.47. The largest absolute Gasteiger partial charge is 0.308 e. The fraction of sp³-hybridized carbons (Fsp3) is 0.778. The summed E-state index contributed by atoms with van der Waals surface area (Å²) in [6.07, 6.45) is 6.02. The summed E-state index contributed by atoms with van der Waals surface area (Å²) >= 11 is 0. The number of rotatable bonds is 3.